The molecule has 1 aliphatic rings. The highest BCUT2D eigenvalue weighted by Gasteiger charge is 2.34. The van der Waals surface area contributed by atoms with Gasteiger partial charge in [-0.25, -0.2) is 5.43 Å². The number of nitrogens with zero attached hydrogens (tertiary/aromatic N) is 1. The second-order valence-corrected chi connectivity index (χ2v) is 6.72. The standard InChI is InChI=1S/C14H12ClF3N4O3S/c1-6(23)21-22-13-20-12(25)10(26-13)5-11(24)19-7-2-3-9(15)8(4-7)14(16,17)18/h2-4,10H,5H2,1H3,(H,19,24)(H,21,23)(H,20,22,25)/t10-/m1/s1. The molecular formula is C14H12ClF3N4O3S. The van der Waals surface area contributed by atoms with Crippen LogP contribution in [0.15, 0.2) is 23.3 Å². The van der Waals surface area contributed by atoms with E-state index in [2.05, 4.69) is 21.2 Å². The first kappa shape index (κ1) is 20.0. The largest absolute Gasteiger partial charge is 0.417 e. The second-order valence-electron chi connectivity index (χ2n) is 5.13. The number of alkyl halides is 3. The minimum Gasteiger partial charge on any atom is -0.326 e. The number of carbonyl (C=O) groups is 3. The van der Waals surface area contributed by atoms with Gasteiger partial charge in [0.1, 0.15) is 5.25 Å². The van der Waals surface area contributed by atoms with Crippen molar-refractivity contribution in [2.45, 2.75) is 24.8 Å². The van der Waals surface area contributed by atoms with Gasteiger partial charge in [-0.3, -0.25) is 14.4 Å². The van der Waals surface area contributed by atoms with E-state index >= 15 is 0 Å². The van der Waals surface area contributed by atoms with Crippen molar-refractivity contribution in [3.05, 3.63) is 28.8 Å². The van der Waals surface area contributed by atoms with Crippen molar-refractivity contribution in [2.24, 2.45) is 5.10 Å². The van der Waals surface area contributed by atoms with E-state index in [9.17, 15) is 27.6 Å². The second kappa shape index (κ2) is 7.96. The third-order valence-corrected chi connectivity index (χ3v) is 4.43. The lowest BCUT2D eigenvalue weighted by Crippen LogP contribution is -2.29. The number of rotatable bonds is 4. The first-order chi connectivity index (χ1) is 12.1. The molecule has 140 valence electrons. The average molecular weight is 409 g/mol. The van der Waals surface area contributed by atoms with Crippen LogP contribution >= 0.6 is 23.4 Å². The van der Waals surface area contributed by atoms with E-state index in [0.29, 0.717) is 6.07 Å². The predicted octanol–water partition coefficient (Wildman–Crippen LogP) is 2.33. The SMILES string of the molecule is CC(=O)N/N=C1\NC(=O)[C@@H](CC(=O)Nc2ccc(Cl)c(C(F)(F)F)c2)S1. The minimum absolute atomic E-state index is 0.0951. The number of anilines is 1. The van der Waals surface area contributed by atoms with Gasteiger partial charge in [-0.15, -0.1) is 5.10 Å². The van der Waals surface area contributed by atoms with Gasteiger partial charge in [0, 0.05) is 19.0 Å². The molecule has 0 bridgehead atoms. The highest BCUT2D eigenvalue weighted by molar-refractivity contribution is 8.15. The molecule has 0 unspecified atom stereocenters. The van der Waals surface area contributed by atoms with Crippen LogP contribution in [0.1, 0.15) is 18.9 Å². The summed E-state index contributed by atoms with van der Waals surface area (Å²) in [6.07, 6.45) is -4.95. The highest BCUT2D eigenvalue weighted by atomic mass is 35.5. The molecule has 7 nitrogen and oxygen atoms in total. The Kier molecular flexibility index (Phi) is 6.13. The van der Waals surface area contributed by atoms with Crippen LogP contribution in [0.25, 0.3) is 0 Å². The van der Waals surface area contributed by atoms with Crippen molar-refractivity contribution < 1.29 is 27.6 Å². The summed E-state index contributed by atoms with van der Waals surface area (Å²) in [4.78, 5) is 34.6. The number of hydrazone groups is 1. The molecule has 1 aromatic rings. The summed E-state index contributed by atoms with van der Waals surface area (Å²) in [6.45, 7) is 1.23. The summed E-state index contributed by atoms with van der Waals surface area (Å²) in [5, 5.41) is 7.12. The molecule has 0 saturated carbocycles. The zero-order valence-corrected chi connectivity index (χ0v) is 14.7. The van der Waals surface area contributed by atoms with Gasteiger partial charge in [0.15, 0.2) is 5.17 Å². The number of nitrogens with one attached hydrogen (secondary N) is 3. The Hall–Kier alpha value is -2.27. The number of amides is 3. The van der Waals surface area contributed by atoms with Crippen LogP contribution in [0, 0.1) is 0 Å². The number of hydrogen-bond acceptors (Lipinski definition) is 5. The first-order valence-corrected chi connectivity index (χ1v) is 8.30. The zero-order valence-electron chi connectivity index (χ0n) is 13.1. The average Bonchev–Trinajstić information content (AvgIpc) is 2.86. The van der Waals surface area contributed by atoms with Crippen molar-refractivity contribution in [3.63, 3.8) is 0 Å². The fraction of sp³-hybridized carbons (Fsp3) is 0.286. The number of halogens is 4. The Morgan fingerprint density at radius 3 is 2.69 bits per heavy atom. The van der Waals surface area contributed by atoms with Crippen LogP contribution in [0.3, 0.4) is 0 Å². The van der Waals surface area contributed by atoms with E-state index in [-0.39, 0.29) is 17.3 Å². The van der Waals surface area contributed by atoms with E-state index in [1.165, 1.54) is 13.0 Å². The monoisotopic (exact) mass is 408 g/mol. The minimum atomic E-state index is -4.66. The fourth-order valence-corrected chi connectivity index (χ4v) is 3.08. The van der Waals surface area contributed by atoms with Gasteiger partial charge in [0.05, 0.1) is 10.6 Å². The third kappa shape index (κ3) is 5.36. The predicted molar refractivity (Wildman–Crippen MR) is 90.5 cm³/mol. The Morgan fingerprint density at radius 1 is 1.38 bits per heavy atom. The van der Waals surface area contributed by atoms with Crippen molar-refractivity contribution >= 4 is 51.9 Å². The number of benzene rings is 1. The van der Waals surface area contributed by atoms with E-state index in [1.807, 2.05) is 0 Å². The molecule has 1 heterocycles. The molecule has 3 amide bonds. The Balaban J connectivity index is 2.00. The molecule has 12 heteroatoms. The number of carbonyl (C=O) groups excluding carboxylic acids is 3. The van der Waals surface area contributed by atoms with Crippen molar-refractivity contribution in [3.8, 4) is 0 Å². The van der Waals surface area contributed by atoms with Gasteiger partial charge in [0.2, 0.25) is 17.7 Å². The van der Waals surface area contributed by atoms with Crippen molar-refractivity contribution in [1.29, 1.82) is 0 Å². The Morgan fingerprint density at radius 2 is 2.08 bits per heavy atom. The molecule has 1 aromatic carbocycles. The van der Waals surface area contributed by atoms with Gasteiger partial charge >= 0.3 is 6.18 Å². The Bertz CT molecular complexity index is 785. The lowest BCUT2D eigenvalue weighted by atomic mass is 10.2. The smallest absolute Gasteiger partial charge is 0.326 e. The van der Waals surface area contributed by atoms with Gasteiger partial charge < -0.3 is 10.6 Å². The number of hydrogen-bond donors (Lipinski definition) is 3. The molecule has 0 aromatic heterocycles. The molecule has 1 fully saturated rings. The van der Waals surface area contributed by atoms with E-state index in [4.69, 9.17) is 11.6 Å². The highest BCUT2D eigenvalue weighted by Crippen LogP contribution is 2.36. The van der Waals surface area contributed by atoms with Crippen LogP contribution in [0.4, 0.5) is 18.9 Å². The zero-order chi connectivity index (χ0) is 19.5. The summed E-state index contributed by atoms with van der Waals surface area (Å²) >= 11 is 6.43. The van der Waals surface area contributed by atoms with Crippen molar-refractivity contribution in [2.75, 3.05) is 5.32 Å². The molecule has 1 atom stereocenters. The normalized spacial score (nSPS) is 18.6. The summed E-state index contributed by atoms with van der Waals surface area (Å²) in [5.41, 5.74) is 0.972. The number of amidine groups is 1. The molecule has 1 aliphatic heterocycles. The molecule has 2 rings (SSSR count). The summed E-state index contributed by atoms with van der Waals surface area (Å²) < 4.78 is 38.5. The Labute approximate surface area is 154 Å². The fourth-order valence-electron chi connectivity index (χ4n) is 1.92. The maximum atomic E-state index is 12.8. The van der Waals surface area contributed by atoms with Gasteiger partial charge in [-0.05, 0) is 18.2 Å². The van der Waals surface area contributed by atoms with Crippen molar-refractivity contribution in [1.82, 2.24) is 10.7 Å². The van der Waals surface area contributed by atoms with Gasteiger partial charge in [-0.2, -0.15) is 13.2 Å². The summed E-state index contributed by atoms with van der Waals surface area (Å²) in [6, 6.07) is 2.96. The van der Waals surface area contributed by atoms with Crippen LogP contribution in [0.5, 0.6) is 0 Å². The maximum absolute atomic E-state index is 12.8. The number of thioether (sulfide) groups is 1. The summed E-state index contributed by atoms with van der Waals surface area (Å²) in [7, 11) is 0. The van der Waals surface area contributed by atoms with Crippen LogP contribution in [-0.2, 0) is 20.6 Å². The van der Waals surface area contributed by atoms with Crippen LogP contribution < -0.4 is 16.1 Å². The maximum Gasteiger partial charge on any atom is 0.417 e. The van der Waals surface area contributed by atoms with Gasteiger partial charge in [-0.1, -0.05) is 23.4 Å². The summed E-state index contributed by atoms with van der Waals surface area (Å²) in [5.74, 6) is -1.59. The van der Waals surface area contributed by atoms with Gasteiger partial charge in [0.25, 0.3) is 0 Å². The molecular weight excluding hydrogens is 397 g/mol. The van der Waals surface area contributed by atoms with E-state index < -0.39 is 39.7 Å². The lowest BCUT2D eigenvalue weighted by Gasteiger charge is -2.12. The topological polar surface area (TPSA) is 99.7 Å². The molecule has 0 aliphatic carbocycles. The lowest BCUT2D eigenvalue weighted by molar-refractivity contribution is -0.137. The van der Waals surface area contributed by atoms with E-state index in [0.717, 1.165) is 17.8 Å². The third-order valence-electron chi connectivity index (χ3n) is 3.02. The molecule has 3 N–H and O–H groups in total. The molecule has 0 radical (unpaired) electrons. The molecule has 1 saturated heterocycles. The van der Waals surface area contributed by atoms with Crippen LogP contribution in [0.2, 0.25) is 5.02 Å². The quantitative estimate of drug-likeness (QED) is 0.666. The molecule has 26 heavy (non-hydrogen) atoms. The van der Waals surface area contributed by atoms with E-state index in [1.54, 1.807) is 0 Å². The van der Waals surface area contributed by atoms with Crippen LogP contribution in [-0.4, -0.2) is 28.1 Å². The first-order valence-electron chi connectivity index (χ1n) is 7.04. The molecule has 0 spiro atoms.